The van der Waals surface area contributed by atoms with Crippen molar-refractivity contribution in [2.45, 2.75) is 0 Å². The number of hydrogen-bond acceptors (Lipinski definition) is 4. The predicted molar refractivity (Wildman–Crippen MR) is 78.0 cm³/mol. The van der Waals surface area contributed by atoms with Crippen LogP contribution in [0.3, 0.4) is 0 Å². The molecule has 19 heavy (non-hydrogen) atoms. The molecule has 0 aliphatic rings. The van der Waals surface area contributed by atoms with E-state index in [1.807, 2.05) is 29.6 Å². The number of benzene rings is 1. The lowest BCUT2D eigenvalue weighted by Gasteiger charge is -2.03. The maximum atomic E-state index is 11.7. The van der Waals surface area contributed by atoms with Crippen LogP contribution in [-0.2, 0) is 0 Å². The number of hydrogen-bond donors (Lipinski definition) is 2. The van der Waals surface area contributed by atoms with Crippen molar-refractivity contribution >= 4 is 17.0 Å². The molecule has 0 spiro atoms. The molecule has 0 fully saturated rings. The molecular weight excluding hydrogens is 258 g/mol. The van der Waals surface area contributed by atoms with E-state index in [9.17, 15) is 4.79 Å². The summed E-state index contributed by atoms with van der Waals surface area (Å²) in [5.74, 6) is 0.592. The third-order valence-electron chi connectivity index (χ3n) is 2.70. The largest absolute Gasteiger partial charge is 0.399 e. The van der Waals surface area contributed by atoms with Gasteiger partial charge in [-0.05, 0) is 23.6 Å². The summed E-state index contributed by atoms with van der Waals surface area (Å²) in [6, 6.07) is 12.6. The van der Waals surface area contributed by atoms with Gasteiger partial charge in [-0.15, -0.1) is 11.3 Å². The van der Waals surface area contributed by atoms with Gasteiger partial charge in [0.15, 0.2) is 5.82 Å². The van der Waals surface area contributed by atoms with Crippen molar-refractivity contribution in [2.24, 2.45) is 0 Å². The number of rotatable bonds is 2. The van der Waals surface area contributed by atoms with E-state index in [2.05, 4.69) is 9.97 Å². The van der Waals surface area contributed by atoms with E-state index < -0.39 is 0 Å². The van der Waals surface area contributed by atoms with Crippen LogP contribution in [0.2, 0.25) is 0 Å². The van der Waals surface area contributed by atoms with Crippen LogP contribution >= 0.6 is 11.3 Å². The number of nitrogens with two attached hydrogens (primary N) is 1. The van der Waals surface area contributed by atoms with E-state index in [1.54, 1.807) is 12.1 Å². The van der Waals surface area contributed by atoms with Crippen molar-refractivity contribution in [1.82, 2.24) is 9.97 Å². The first-order valence-corrected chi connectivity index (χ1v) is 6.61. The molecule has 0 atom stereocenters. The molecule has 0 bridgehead atoms. The van der Waals surface area contributed by atoms with Gasteiger partial charge >= 0.3 is 0 Å². The molecule has 0 amide bonds. The summed E-state index contributed by atoms with van der Waals surface area (Å²) >= 11 is 1.54. The van der Waals surface area contributed by atoms with Gasteiger partial charge in [-0.3, -0.25) is 4.79 Å². The smallest absolute Gasteiger partial charge is 0.251 e. The van der Waals surface area contributed by atoms with Gasteiger partial charge in [0.1, 0.15) is 0 Å². The maximum Gasteiger partial charge on any atom is 0.251 e. The van der Waals surface area contributed by atoms with Gasteiger partial charge < -0.3 is 10.7 Å². The quantitative estimate of drug-likeness (QED) is 0.703. The van der Waals surface area contributed by atoms with Gasteiger partial charge in [-0.2, -0.15) is 0 Å². The van der Waals surface area contributed by atoms with Crippen LogP contribution in [0, 0.1) is 0 Å². The van der Waals surface area contributed by atoms with Crippen LogP contribution < -0.4 is 11.3 Å². The first-order chi connectivity index (χ1) is 9.22. The van der Waals surface area contributed by atoms with Crippen molar-refractivity contribution < 1.29 is 0 Å². The standard InChI is InChI=1S/C14H11N3OS/c15-10-5-3-9(4-6-10)11-8-13(18)17-14(16-11)12-2-1-7-19-12/h1-8H,15H2,(H,16,17,18). The molecule has 3 aromatic rings. The second kappa shape index (κ2) is 4.70. The molecule has 0 saturated heterocycles. The number of nitrogens with one attached hydrogen (secondary N) is 1. The summed E-state index contributed by atoms with van der Waals surface area (Å²) in [4.78, 5) is 19.9. The van der Waals surface area contributed by atoms with Gasteiger partial charge in [0.05, 0.1) is 10.6 Å². The summed E-state index contributed by atoms with van der Waals surface area (Å²) in [6.45, 7) is 0. The van der Waals surface area contributed by atoms with E-state index in [1.165, 1.54) is 17.4 Å². The topological polar surface area (TPSA) is 71.8 Å². The lowest BCUT2D eigenvalue weighted by Crippen LogP contribution is -2.08. The Labute approximate surface area is 113 Å². The van der Waals surface area contributed by atoms with Crippen LogP contribution in [0.1, 0.15) is 0 Å². The molecule has 0 aliphatic carbocycles. The summed E-state index contributed by atoms with van der Waals surface area (Å²) < 4.78 is 0. The molecule has 3 rings (SSSR count). The monoisotopic (exact) mass is 269 g/mol. The van der Waals surface area contributed by atoms with Crippen LogP contribution in [0.4, 0.5) is 5.69 Å². The molecule has 3 N–H and O–H groups in total. The van der Waals surface area contributed by atoms with Crippen molar-refractivity contribution in [2.75, 3.05) is 5.73 Å². The first-order valence-electron chi connectivity index (χ1n) is 5.73. The Morgan fingerprint density at radius 3 is 2.63 bits per heavy atom. The van der Waals surface area contributed by atoms with Crippen LogP contribution in [-0.4, -0.2) is 9.97 Å². The van der Waals surface area contributed by atoms with E-state index in [0.29, 0.717) is 17.2 Å². The minimum Gasteiger partial charge on any atom is -0.399 e. The normalized spacial score (nSPS) is 10.5. The minimum atomic E-state index is -0.162. The van der Waals surface area contributed by atoms with Gasteiger partial charge in [0, 0.05) is 17.3 Å². The Hall–Kier alpha value is -2.40. The van der Waals surface area contributed by atoms with Gasteiger partial charge in [0.25, 0.3) is 5.56 Å². The third kappa shape index (κ3) is 2.41. The number of anilines is 1. The van der Waals surface area contributed by atoms with Crippen molar-refractivity contribution in [3.63, 3.8) is 0 Å². The highest BCUT2D eigenvalue weighted by Crippen LogP contribution is 2.23. The maximum absolute atomic E-state index is 11.7. The van der Waals surface area contributed by atoms with Gasteiger partial charge in [-0.1, -0.05) is 18.2 Å². The molecule has 0 saturated carbocycles. The Kier molecular flexibility index (Phi) is 2.89. The van der Waals surface area contributed by atoms with Crippen molar-refractivity contribution in [3.05, 3.63) is 58.2 Å². The van der Waals surface area contributed by atoms with E-state index >= 15 is 0 Å². The number of thiophene rings is 1. The molecule has 1 aromatic carbocycles. The lowest BCUT2D eigenvalue weighted by molar-refractivity contribution is 1.14. The first kappa shape index (κ1) is 11.7. The van der Waals surface area contributed by atoms with Crippen LogP contribution in [0.15, 0.2) is 52.6 Å². The highest BCUT2D eigenvalue weighted by molar-refractivity contribution is 7.13. The second-order valence-corrected chi connectivity index (χ2v) is 5.03. The van der Waals surface area contributed by atoms with Crippen LogP contribution in [0.5, 0.6) is 0 Å². The number of nitrogens with zero attached hydrogens (tertiary/aromatic N) is 1. The summed E-state index contributed by atoms with van der Waals surface area (Å²) in [7, 11) is 0. The Balaban J connectivity index is 2.12. The number of aromatic amines is 1. The highest BCUT2D eigenvalue weighted by atomic mass is 32.1. The zero-order valence-electron chi connectivity index (χ0n) is 9.96. The predicted octanol–water partition coefficient (Wildman–Crippen LogP) is 2.75. The fraction of sp³-hybridized carbons (Fsp3) is 0. The van der Waals surface area contributed by atoms with E-state index in [4.69, 9.17) is 5.73 Å². The second-order valence-electron chi connectivity index (χ2n) is 4.08. The number of aromatic nitrogens is 2. The van der Waals surface area contributed by atoms with Gasteiger partial charge in [0.2, 0.25) is 0 Å². The summed E-state index contributed by atoms with van der Waals surface area (Å²) in [6.07, 6.45) is 0. The SMILES string of the molecule is Nc1ccc(-c2cc(=O)[nH]c(-c3cccs3)n2)cc1. The molecule has 0 unspecified atom stereocenters. The molecule has 2 heterocycles. The fourth-order valence-corrected chi connectivity index (χ4v) is 2.46. The van der Waals surface area contributed by atoms with Gasteiger partial charge in [-0.25, -0.2) is 4.98 Å². The molecule has 5 heteroatoms. The zero-order chi connectivity index (χ0) is 13.2. The molecule has 0 radical (unpaired) electrons. The fourth-order valence-electron chi connectivity index (χ4n) is 1.79. The molecule has 4 nitrogen and oxygen atoms in total. The Bertz CT molecular complexity index is 745. The Morgan fingerprint density at radius 1 is 1.16 bits per heavy atom. The van der Waals surface area contributed by atoms with Crippen LogP contribution in [0.25, 0.3) is 22.0 Å². The van der Waals surface area contributed by atoms with E-state index in [-0.39, 0.29) is 5.56 Å². The van der Waals surface area contributed by atoms with Crippen molar-refractivity contribution in [3.8, 4) is 22.0 Å². The number of H-pyrrole nitrogens is 1. The summed E-state index contributed by atoms with van der Waals surface area (Å²) in [5, 5.41) is 1.95. The average molecular weight is 269 g/mol. The lowest BCUT2D eigenvalue weighted by atomic mass is 10.1. The Morgan fingerprint density at radius 2 is 1.95 bits per heavy atom. The molecule has 0 aliphatic heterocycles. The third-order valence-corrected chi connectivity index (χ3v) is 3.58. The average Bonchev–Trinajstić information content (AvgIpc) is 2.93. The zero-order valence-corrected chi connectivity index (χ0v) is 10.8. The molecule has 94 valence electrons. The van der Waals surface area contributed by atoms with E-state index in [0.717, 1.165) is 10.4 Å². The molecular formula is C14H11N3OS. The summed E-state index contributed by atoms with van der Waals surface area (Å²) in [5.41, 5.74) is 7.70. The van der Waals surface area contributed by atoms with Crippen molar-refractivity contribution in [1.29, 1.82) is 0 Å². The minimum absolute atomic E-state index is 0.162. The highest BCUT2D eigenvalue weighted by Gasteiger charge is 2.06. The number of nitrogen functional groups attached to an aromatic ring is 1. The molecule has 2 aromatic heterocycles.